The fraction of sp³-hybridized carbons (Fsp3) is 0.250. The van der Waals surface area contributed by atoms with E-state index in [0.717, 1.165) is 5.69 Å². The van der Waals surface area contributed by atoms with Gasteiger partial charge < -0.3 is 15.0 Å². The lowest BCUT2D eigenvalue weighted by Gasteiger charge is -2.09. The molecule has 0 fully saturated rings. The number of carbonyl (C=O) groups excluding carboxylic acids is 1. The zero-order chi connectivity index (χ0) is 14.0. The van der Waals surface area contributed by atoms with Gasteiger partial charge in [-0.05, 0) is 25.5 Å². The van der Waals surface area contributed by atoms with Crippen molar-refractivity contribution in [1.82, 2.24) is 9.55 Å². The molecule has 0 unspecified atom stereocenters. The number of carboxylic acid groups (broad SMARTS) is 1. The van der Waals surface area contributed by atoms with Gasteiger partial charge in [0.1, 0.15) is 12.2 Å². The van der Waals surface area contributed by atoms with E-state index in [4.69, 9.17) is 5.11 Å². The van der Waals surface area contributed by atoms with Crippen LogP contribution in [-0.2, 0) is 11.3 Å². The summed E-state index contributed by atoms with van der Waals surface area (Å²) < 4.78 is 1.49. The molecule has 1 amide bonds. The zero-order valence-corrected chi connectivity index (χ0v) is 11.3. The first kappa shape index (κ1) is 13.3. The van der Waals surface area contributed by atoms with Gasteiger partial charge in [0.15, 0.2) is 5.13 Å². The highest BCUT2D eigenvalue weighted by molar-refractivity contribution is 7.13. The van der Waals surface area contributed by atoms with Crippen LogP contribution in [0.25, 0.3) is 0 Å². The summed E-state index contributed by atoms with van der Waals surface area (Å²) in [5.74, 6) is -1.33. The quantitative estimate of drug-likeness (QED) is 0.895. The van der Waals surface area contributed by atoms with Crippen LogP contribution < -0.4 is 5.32 Å². The number of aromatic nitrogens is 2. The number of rotatable bonds is 4. The molecule has 6 nitrogen and oxygen atoms in total. The Morgan fingerprint density at radius 3 is 2.79 bits per heavy atom. The predicted molar refractivity (Wildman–Crippen MR) is 71.6 cm³/mol. The summed E-state index contributed by atoms with van der Waals surface area (Å²) in [4.78, 5) is 27.0. The molecule has 100 valence electrons. The van der Waals surface area contributed by atoms with Crippen molar-refractivity contribution in [3.05, 3.63) is 34.6 Å². The molecule has 0 aromatic carbocycles. The van der Waals surface area contributed by atoms with Crippen LogP contribution in [0.1, 0.15) is 21.7 Å². The van der Waals surface area contributed by atoms with E-state index in [-0.39, 0.29) is 18.1 Å². The Kier molecular flexibility index (Phi) is 3.66. The minimum absolute atomic E-state index is 0.0408. The number of nitrogens with one attached hydrogen (secondary N) is 1. The molecule has 0 bridgehead atoms. The van der Waals surface area contributed by atoms with E-state index >= 15 is 0 Å². The van der Waals surface area contributed by atoms with Gasteiger partial charge in [-0.2, -0.15) is 0 Å². The predicted octanol–water partition coefficient (Wildman–Crippen LogP) is 1.90. The Hall–Kier alpha value is -2.15. The number of anilines is 1. The second-order valence-electron chi connectivity index (χ2n) is 4.09. The lowest BCUT2D eigenvalue weighted by Crippen LogP contribution is -2.22. The van der Waals surface area contributed by atoms with E-state index < -0.39 is 5.97 Å². The van der Waals surface area contributed by atoms with Crippen molar-refractivity contribution in [1.29, 1.82) is 0 Å². The van der Waals surface area contributed by atoms with Crippen molar-refractivity contribution in [2.24, 2.45) is 0 Å². The van der Waals surface area contributed by atoms with E-state index in [1.54, 1.807) is 31.5 Å². The summed E-state index contributed by atoms with van der Waals surface area (Å²) in [5, 5.41) is 14.1. The lowest BCUT2D eigenvalue weighted by molar-refractivity contribution is -0.116. The third-order valence-corrected chi connectivity index (χ3v) is 3.37. The van der Waals surface area contributed by atoms with E-state index in [1.165, 1.54) is 15.9 Å². The molecule has 2 aromatic rings. The maximum atomic E-state index is 11.9. The summed E-state index contributed by atoms with van der Waals surface area (Å²) in [7, 11) is 0. The number of thiazole rings is 1. The maximum absolute atomic E-state index is 11.9. The lowest BCUT2D eigenvalue weighted by atomic mass is 10.2. The van der Waals surface area contributed by atoms with Gasteiger partial charge in [-0.25, -0.2) is 9.78 Å². The van der Waals surface area contributed by atoms with E-state index in [0.29, 0.717) is 10.7 Å². The molecule has 2 heterocycles. The van der Waals surface area contributed by atoms with Crippen LogP contribution in [0.3, 0.4) is 0 Å². The summed E-state index contributed by atoms with van der Waals surface area (Å²) in [6.45, 7) is 3.45. The van der Waals surface area contributed by atoms with Crippen LogP contribution in [0.15, 0.2) is 17.6 Å². The van der Waals surface area contributed by atoms with Gasteiger partial charge in [0.2, 0.25) is 5.91 Å². The van der Waals surface area contributed by atoms with E-state index in [9.17, 15) is 9.59 Å². The van der Waals surface area contributed by atoms with Gasteiger partial charge in [-0.1, -0.05) is 0 Å². The van der Waals surface area contributed by atoms with Crippen LogP contribution in [-0.4, -0.2) is 26.5 Å². The van der Waals surface area contributed by atoms with Gasteiger partial charge in [0.25, 0.3) is 0 Å². The number of nitrogens with zero attached hydrogens (tertiary/aromatic N) is 2. The Morgan fingerprint density at radius 2 is 2.21 bits per heavy atom. The summed E-state index contributed by atoms with van der Waals surface area (Å²) in [6, 6.07) is 1.75. The number of carbonyl (C=O) groups is 2. The van der Waals surface area contributed by atoms with Crippen LogP contribution in [0.4, 0.5) is 5.13 Å². The minimum Gasteiger partial charge on any atom is -0.477 e. The molecule has 0 radical (unpaired) electrons. The Morgan fingerprint density at radius 1 is 1.47 bits per heavy atom. The van der Waals surface area contributed by atoms with Crippen LogP contribution >= 0.6 is 11.3 Å². The SMILES string of the molecule is Cc1cc(C)n(CC(=O)Nc2nccs2)c1C(=O)O. The minimum atomic E-state index is -1.03. The summed E-state index contributed by atoms with van der Waals surface area (Å²) >= 11 is 1.31. The molecular weight excluding hydrogens is 266 g/mol. The smallest absolute Gasteiger partial charge is 0.352 e. The molecule has 0 aliphatic heterocycles. The fourth-order valence-corrected chi connectivity index (χ4v) is 2.47. The van der Waals surface area contributed by atoms with E-state index in [1.807, 2.05) is 0 Å². The molecule has 19 heavy (non-hydrogen) atoms. The normalized spacial score (nSPS) is 10.4. The van der Waals surface area contributed by atoms with Gasteiger partial charge >= 0.3 is 5.97 Å². The van der Waals surface area contributed by atoms with Crippen LogP contribution in [0.5, 0.6) is 0 Å². The number of amides is 1. The first-order chi connectivity index (χ1) is 8.99. The number of hydrogen-bond acceptors (Lipinski definition) is 4. The number of carboxylic acids is 1. The monoisotopic (exact) mass is 279 g/mol. The Bertz CT molecular complexity index is 616. The molecule has 7 heteroatoms. The average molecular weight is 279 g/mol. The molecule has 2 aromatic heterocycles. The Balaban J connectivity index is 2.19. The van der Waals surface area contributed by atoms with Crippen molar-refractivity contribution in [3.63, 3.8) is 0 Å². The molecule has 0 aliphatic carbocycles. The van der Waals surface area contributed by atoms with Crippen molar-refractivity contribution in [3.8, 4) is 0 Å². The maximum Gasteiger partial charge on any atom is 0.352 e. The van der Waals surface area contributed by atoms with Crippen molar-refractivity contribution in [2.45, 2.75) is 20.4 Å². The molecule has 0 spiro atoms. The molecule has 0 atom stereocenters. The largest absolute Gasteiger partial charge is 0.477 e. The molecule has 0 aliphatic rings. The van der Waals surface area contributed by atoms with Gasteiger partial charge in [-0.15, -0.1) is 11.3 Å². The van der Waals surface area contributed by atoms with Crippen molar-refractivity contribution in [2.75, 3.05) is 5.32 Å². The topological polar surface area (TPSA) is 84.2 Å². The van der Waals surface area contributed by atoms with Crippen LogP contribution in [0, 0.1) is 13.8 Å². The highest BCUT2D eigenvalue weighted by Crippen LogP contribution is 2.16. The number of aryl methyl sites for hydroxylation is 2. The zero-order valence-electron chi connectivity index (χ0n) is 10.5. The van der Waals surface area contributed by atoms with Crippen LogP contribution in [0.2, 0.25) is 0 Å². The molecule has 2 N–H and O–H groups in total. The number of hydrogen-bond donors (Lipinski definition) is 2. The molecular formula is C12H13N3O3S. The van der Waals surface area contributed by atoms with Crippen molar-refractivity contribution < 1.29 is 14.7 Å². The summed E-state index contributed by atoms with van der Waals surface area (Å²) in [5.41, 5.74) is 1.53. The molecule has 0 saturated heterocycles. The number of aromatic carboxylic acids is 1. The highest BCUT2D eigenvalue weighted by Gasteiger charge is 2.18. The van der Waals surface area contributed by atoms with Crippen molar-refractivity contribution >= 4 is 28.3 Å². The fourth-order valence-electron chi connectivity index (χ4n) is 1.92. The third-order valence-electron chi connectivity index (χ3n) is 2.68. The van der Waals surface area contributed by atoms with Gasteiger partial charge in [0, 0.05) is 17.3 Å². The Labute approximate surface area is 113 Å². The molecule has 2 rings (SSSR count). The first-order valence-corrected chi connectivity index (χ1v) is 6.46. The second-order valence-corrected chi connectivity index (χ2v) is 4.99. The average Bonchev–Trinajstić information content (AvgIpc) is 2.88. The van der Waals surface area contributed by atoms with Gasteiger partial charge in [0.05, 0.1) is 0 Å². The molecule has 0 saturated carbocycles. The standard InChI is InChI=1S/C12H13N3O3S/c1-7-5-8(2)15(10(7)11(17)18)6-9(16)14-12-13-3-4-19-12/h3-5H,6H2,1-2H3,(H,17,18)(H,13,14,16). The van der Waals surface area contributed by atoms with Gasteiger partial charge in [-0.3, -0.25) is 4.79 Å². The first-order valence-electron chi connectivity index (χ1n) is 5.58. The second kappa shape index (κ2) is 5.23. The summed E-state index contributed by atoms with van der Waals surface area (Å²) in [6.07, 6.45) is 1.59. The highest BCUT2D eigenvalue weighted by atomic mass is 32.1. The van der Waals surface area contributed by atoms with E-state index in [2.05, 4.69) is 10.3 Å². The third kappa shape index (κ3) is 2.82.